The van der Waals surface area contributed by atoms with Crippen molar-refractivity contribution in [1.82, 2.24) is 10.0 Å². The molecule has 2 aromatic carbocycles. The van der Waals surface area contributed by atoms with Gasteiger partial charge in [0.05, 0.1) is 4.90 Å². The van der Waals surface area contributed by atoms with Gasteiger partial charge in [0.1, 0.15) is 0 Å². The molecule has 0 aliphatic rings. The van der Waals surface area contributed by atoms with Crippen LogP contribution in [0.5, 0.6) is 0 Å². The molecule has 10 heteroatoms. The molecule has 0 aliphatic heterocycles. The Morgan fingerprint density at radius 3 is 2.27 bits per heavy atom. The Balaban J connectivity index is 1.78. The zero-order chi connectivity index (χ0) is 22.3. The lowest BCUT2D eigenvalue weighted by Gasteiger charge is -2.10. The Kier molecular flexibility index (Phi) is 8.01. The summed E-state index contributed by atoms with van der Waals surface area (Å²) in [4.78, 5) is 23.1. The first-order valence-corrected chi connectivity index (χ1v) is 10.7. The summed E-state index contributed by atoms with van der Waals surface area (Å²) in [7, 11) is -4.05. The third kappa shape index (κ3) is 6.89. The van der Waals surface area contributed by atoms with Crippen molar-refractivity contribution in [3.63, 3.8) is 0 Å². The molecule has 0 atom stereocenters. The van der Waals surface area contributed by atoms with E-state index < -0.39 is 26.6 Å². The molecule has 0 radical (unpaired) electrons. The van der Waals surface area contributed by atoms with Crippen molar-refractivity contribution in [2.45, 2.75) is 31.7 Å². The number of anilines is 1. The second kappa shape index (κ2) is 10.3. The standard InChI is InChI=1S/C20H23F2N3O4S/c1-13(2)20(27)25-15-5-3-14(4-6-15)12-23-19(26)9-10-24-30(28,29)16-7-8-17(21)18(22)11-16/h3-8,11,13,24H,9-10,12H2,1-2H3,(H,23,26)(H,25,27). The summed E-state index contributed by atoms with van der Waals surface area (Å²) in [6, 6.07) is 9.18. The van der Waals surface area contributed by atoms with Crippen LogP contribution in [-0.4, -0.2) is 26.8 Å². The number of halogens is 2. The van der Waals surface area contributed by atoms with E-state index >= 15 is 0 Å². The highest BCUT2D eigenvalue weighted by atomic mass is 32.2. The summed E-state index contributed by atoms with van der Waals surface area (Å²) >= 11 is 0. The maximum Gasteiger partial charge on any atom is 0.240 e. The summed E-state index contributed by atoms with van der Waals surface area (Å²) in [5.74, 6) is -3.04. The predicted molar refractivity (Wildman–Crippen MR) is 108 cm³/mol. The normalized spacial score (nSPS) is 11.4. The third-order valence-corrected chi connectivity index (χ3v) is 5.54. The molecule has 162 valence electrons. The highest BCUT2D eigenvalue weighted by Crippen LogP contribution is 2.14. The third-order valence-electron chi connectivity index (χ3n) is 4.08. The molecule has 0 aromatic heterocycles. The minimum Gasteiger partial charge on any atom is -0.352 e. The number of hydrogen-bond acceptors (Lipinski definition) is 4. The van der Waals surface area contributed by atoms with E-state index in [1.165, 1.54) is 0 Å². The molecule has 0 aliphatic carbocycles. The monoisotopic (exact) mass is 439 g/mol. The van der Waals surface area contributed by atoms with Crippen LogP contribution in [0.15, 0.2) is 47.4 Å². The average Bonchev–Trinajstić information content (AvgIpc) is 2.69. The quantitative estimate of drug-likeness (QED) is 0.559. The van der Waals surface area contributed by atoms with Crippen LogP contribution in [0.25, 0.3) is 0 Å². The average molecular weight is 439 g/mol. The second-order valence-electron chi connectivity index (χ2n) is 6.84. The first-order valence-electron chi connectivity index (χ1n) is 9.19. The van der Waals surface area contributed by atoms with Gasteiger partial charge >= 0.3 is 0 Å². The fourth-order valence-corrected chi connectivity index (χ4v) is 3.35. The largest absolute Gasteiger partial charge is 0.352 e. The molecule has 0 heterocycles. The van der Waals surface area contributed by atoms with E-state index in [4.69, 9.17) is 0 Å². The molecule has 3 N–H and O–H groups in total. The topological polar surface area (TPSA) is 104 Å². The van der Waals surface area contributed by atoms with Crippen LogP contribution in [0.3, 0.4) is 0 Å². The van der Waals surface area contributed by atoms with E-state index in [9.17, 15) is 26.8 Å². The van der Waals surface area contributed by atoms with E-state index in [0.717, 1.165) is 17.7 Å². The smallest absolute Gasteiger partial charge is 0.240 e. The van der Waals surface area contributed by atoms with Crippen LogP contribution in [-0.2, 0) is 26.2 Å². The zero-order valence-electron chi connectivity index (χ0n) is 16.5. The van der Waals surface area contributed by atoms with Crippen molar-refractivity contribution in [2.24, 2.45) is 5.92 Å². The van der Waals surface area contributed by atoms with Crippen LogP contribution < -0.4 is 15.4 Å². The number of carbonyl (C=O) groups is 2. The van der Waals surface area contributed by atoms with Crippen molar-refractivity contribution < 1.29 is 26.8 Å². The van der Waals surface area contributed by atoms with Gasteiger partial charge in [-0.3, -0.25) is 9.59 Å². The van der Waals surface area contributed by atoms with Crippen LogP contribution in [0.1, 0.15) is 25.8 Å². The van der Waals surface area contributed by atoms with E-state index in [1.54, 1.807) is 38.1 Å². The van der Waals surface area contributed by atoms with Gasteiger partial charge in [0.25, 0.3) is 0 Å². The fourth-order valence-electron chi connectivity index (χ4n) is 2.31. The van der Waals surface area contributed by atoms with Gasteiger partial charge in [0.15, 0.2) is 11.6 Å². The lowest BCUT2D eigenvalue weighted by molar-refractivity contribution is -0.121. The Morgan fingerprint density at radius 1 is 1.00 bits per heavy atom. The van der Waals surface area contributed by atoms with E-state index in [1.807, 2.05) is 0 Å². The predicted octanol–water partition coefficient (Wildman–Crippen LogP) is 2.54. The molecule has 7 nitrogen and oxygen atoms in total. The van der Waals surface area contributed by atoms with Crippen LogP contribution in [0.2, 0.25) is 0 Å². The summed E-state index contributed by atoms with van der Waals surface area (Å²) < 4.78 is 52.4. The fraction of sp³-hybridized carbons (Fsp3) is 0.300. The molecule has 0 unspecified atom stereocenters. The zero-order valence-corrected chi connectivity index (χ0v) is 17.4. The van der Waals surface area contributed by atoms with Gasteiger partial charge in [-0.05, 0) is 35.9 Å². The Hall–Kier alpha value is -2.85. The molecule has 30 heavy (non-hydrogen) atoms. The van der Waals surface area contributed by atoms with E-state index in [-0.39, 0.29) is 37.2 Å². The van der Waals surface area contributed by atoms with Crippen molar-refractivity contribution in [3.8, 4) is 0 Å². The molecule has 0 fully saturated rings. The van der Waals surface area contributed by atoms with Crippen LogP contribution in [0, 0.1) is 17.6 Å². The van der Waals surface area contributed by atoms with Gasteiger partial charge in [-0.25, -0.2) is 21.9 Å². The van der Waals surface area contributed by atoms with Gasteiger partial charge in [0, 0.05) is 31.1 Å². The SMILES string of the molecule is CC(C)C(=O)Nc1ccc(CNC(=O)CCNS(=O)(=O)c2ccc(F)c(F)c2)cc1. The molecule has 0 saturated carbocycles. The number of sulfonamides is 1. The molecular weight excluding hydrogens is 416 g/mol. The Morgan fingerprint density at radius 2 is 1.67 bits per heavy atom. The van der Waals surface area contributed by atoms with E-state index in [2.05, 4.69) is 15.4 Å². The number of nitrogens with one attached hydrogen (secondary N) is 3. The van der Waals surface area contributed by atoms with Gasteiger partial charge in [-0.2, -0.15) is 0 Å². The molecule has 2 aromatic rings. The van der Waals surface area contributed by atoms with Gasteiger partial charge in [-0.1, -0.05) is 26.0 Å². The van der Waals surface area contributed by atoms with Crippen molar-refractivity contribution in [2.75, 3.05) is 11.9 Å². The number of carbonyl (C=O) groups excluding carboxylic acids is 2. The van der Waals surface area contributed by atoms with E-state index in [0.29, 0.717) is 11.8 Å². The van der Waals surface area contributed by atoms with Crippen molar-refractivity contribution in [1.29, 1.82) is 0 Å². The molecule has 0 bridgehead atoms. The number of hydrogen-bond donors (Lipinski definition) is 3. The lowest BCUT2D eigenvalue weighted by atomic mass is 10.1. The Bertz CT molecular complexity index is 1010. The molecule has 2 amide bonds. The first kappa shape index (κ1) is 23.4. The maximum absolute atomic E-state index is 13.2. The number of benzene rings is 2. The van der Waals surface area contributed by atoms with Crippen molar-refractivity contribution in [3.05, 3.63) is 59.7 Å². The van der Waals surface area contributed by atoms with Crippen molar-refractivity contribution >= 4 is 27.5 Å². The van der Waals surface area contributed by atoms with Crippen LogP contribution >= 0.6 is 0 Å². The van der Waals surface area contributed by atoms with Gasteiger partial charge in [0.2, 0.25) is 21.8 Å². The minimum absolute atomic E-state index is 0.0955. The summed E-state index contributed by atoms with van der Waals surface area (Å²) in [6.07, 6.45) is -0.133. The maximum atomic E-state index is 13.2. The summed E-state index contributed by atoms with van der Waals surface area (Å²) in [6.45, 7) is 3.61. The summed E-state index contributed by atoms with van der Waals surface area (Å²) in [5.41, 5.74) is 1.45. The molecule has 2 rings (SSSR count). The number of rotatable bonds is 9. The second-order valence-corrected chi connectivity index (χ2v) is 8.61. The van der Waals surface area contributed by atoms with Gasteiger partial charge < -0.3 is 10.6 Å². The molecule has 0 saturated heterocycles. The highest BCUT2D eigenvalue weighted by Gasteiger charge is 2.16. The summed E-state index contributed by atoms with van der Waals surface area (Å²) in [5, 5.41) is 5.41. The molecular formula is C20H23F2N3O4S. The van der Waals surface area contributed by atoms with Gasteiger partial charge in [-0.15, -0.1) is 0 Å². The lowest BCUT2D eigenvalue weighted by Crippen LogP contribution is -2.30. The minimum atomic E-state index is -4.05. The molecule has 0 spiro atoms. The number of amides is 2. The first-order chi connectivity index (χ1) is 14.1. The van der Waals surface area contributed by atoms with Crippen LogP contribution in [0.4, 0.5) is 14.5 Å². The Labute approximate surface area is 173 Å². The highest BCUT2D eigenvalue weighted by molar-refractivity contribution is 7.89.